The molecular weight excluding hydrogens is 360 g/mol. The third-order valence-corrected chi connectivity index (χ3v) is 1.99. The summed E-state index contributed by atoms with van der Waals surface area (Å²) in [5.41, 5.74) is 0. The highest BCUT2D eigenvalue weighted by Gasteiger charge is 2.12. The topological polar surface area (TPSA) is 236 Å². The SMILES string of the molecule is C=CC(=O)O.C=CC(=O)O.OC[C@@H](O)[C@@H](O)CO.OC[C@@H](O)[C@@H](O)CO. The highest BCUT2D eigenvalue weighted by atomic mass is 16.4. The molecule has 0 saturated heterocycles. The quantitative estimate of drug-likeness (QED) is 0.179. The van der Waals surface area contributed by atoms with Gasteiger partial charge in [-0.3, -0.25) is 0 Å². The van der Waals surface area contributed by atoms with Crippen LogP contribution in [0.15, 0.2) is 25.3 Å². The average molecular weight is 388 g/mol. The molecule has 0 unspecified atom stereocenters. The summed E-state index contributed by atoms with van der Waals surface area (Å²) in [6.45, 7) is 3.82. The molecule has 156 valence electrons. The first-order chi connectivity index (χ1) is 12.0. The molecule has 4 atom stereocenters. The molecule has 10 N–H and O–H groups in total. The molecule has 0 aromatic heterocycles. The molecule has 0 aromatic rings. The fourth-order valence-electron chi connectivity index (χ4n) is 0.487. The van der Waals surface area contributed by atoms with Gasteiger partial charge < -0.3 is 51.1 Å². The first kappa shape index (κ1) is 31.8. The van der Waals surface area contributed by atoms with Crippen LogP contribution in [0.25, 0.3) is 0 Å². The van der Waals surface area contributed by atoms with Crippen molar-refractivity contribution in [2.75, 3.05) is 26.4 Å². The van der Waals surface area contributed by atoms with Gasteiger partial charge in [0.05, 0.1) is 26.4 Å². The zero-order chi connectivity index (χ0) is 21.7. The fraction of sp³-hybridized carbons (Fsp3) is 0.571. The van der Waals surface area contributed by atoms with Gasteiger partial charge >= 0.3 is 11.9 Å². The molecule has 12 nitrogen and oxygen atoms in total. The number of carboxylic acids is 2. The Morgan fingerprint density at radius 2 is 0.731 bits per heavy atom. The molecule has 0 aliphatic heterocycles. The average Bonchev–Trinajstić information content (AvgIpc) is 2.66. The highest BCUT2D eigenvalue weighted by molar-refractivity contribution is 5.79. The standard InChI is InChI=1S/2C4H10O4.2C3H4O2/c2*5-1-3(7)4(8)2-6;2*1-2-3(4)5/h2*3-8H,1-2H2;2*2H,1H2,(H,4,5)/t2*3-,4+;;. The third-order valence-electron chi connectivity index (χ3n) is 1.99. The third kappa shape index (κ3) is 30.0. The van der Waals surface area contributed by atoms with Crippen molar-refractivity contribution in [1.82, 2.24) is 0 Å². The maximum Gasteiger partial charge on any atom is 0.327 e. The largest absolute Gasteiger partial charge is 0.478 e. The Morgan fingerprint density at radius 3 is 0.769 bits per heavy atom. The molecule has 0 aliphatic carbocycles. The number of aliphatic hydroxyl groups is 8. The van der Waals surface area contributed by atoms with E-state index in [1.165, 1.54) is 0 Å². The predicted molar refractivity (Wildman–Crippen MR) is 88.0 cm³/mol. The summed E-state index contributed by atoms with van der Waals surface area (Å²) in [5.74, 6) is -1.96. The fourth-order valence-corrected chi connectivity index (χ4v) is 0.487. The van der Waals surface area contributed by atoms with Crippen molar-refractivity contribution in [1.29, 1.82) is 0 Å². The molecule has 0 heterocycles. The molecule has 0 radical (unpaired) electrons. The molecule has 0 rings (SSSR count). The number of aliphatic carboxylic acids is 2. The Bertz CT molecular complexity index is 310. The van der Waals surface area contributed by atoms with Crippen molar-refractivity contribution in [3.63, 3.8) is 0 Å². The first-order valence-electron chi connectivity index (χ1n) is 6.85. The molecule has 26 heavy (non-hydrogen) atoms. The molecule has 0 fully saturated rings. The van der Waals surface area contributed by atoms with E-state index < -0.39 is 62.8 Å². The van der Waals surface area contributed by atoms with E-state index >= 15 is 0 Å². The van der Waals surface area contributed by atoms with Crippen LogP contribution < -0.4 is 0 Å². The molecule has 12 heteroatoms. The Hall–Kier alpha value is -1.90. The maximum absolute atomic E-state index is 9.25. The number of aliphatic hydroxyl groups excluding tert-OH is 8. The number of hydrogen-bond acceptors (Lipinski definition) is 10. The van der Waals surface area contributed by atoms with Crippen LogP contribution >= 0.6 is 0 Å². The van der Waals surface area contributed by atoms with E-state index in [1.54, 1.807) is 0 Å². The van der Waals surface area contributed by atoms with Crippen molar-refractivity contribution < 1.29 is 60.7 Å². The summed E-state index contributed by atoms with van der Waals surface area (Å²) in [4.78, 5) is 18.5. The Morgan fingerprint density at radius 1 is 0.615 bits per heavy atom. The molecule has 0 aliphatic rings. The molecule has 0 aromatic carbocycles. The van der Waals surface area contributed by atoms with E-state index in [4.69, 9.17) is 51.1 Å². The molecular formula is C14H28O12. The lowest BCUT2D eigenvalue weighted by Crippen LogP contribution is -2.31. The van der Waals surface area contributed by atoms with E-state index in [0.717, 1.165) is 12.2 Å². The normalized spacial score (nSPS) is 13.5. The Balaban J connectivity index is -0.000000127. The first-order valence-corrected chi connectivity index (χ1v) is 6.85. The second-order valence-corrected chi connectivity index (χ2v) is 4.08. The van der Waals surface area contributed by atoms with Crippen LogP contribution in [0.3, 0.4) is 0 Å². The number of rotatable bonds is 8. The van der Waals surface area contributed by atoms with Crippen LogP contribution in [0.4, 0.5) is 0 Å². The lowest BCUT2D eigenvalue weighted by atomic mass is 10.2. The number of carboxylic acid groups (broad SMARTS) is 2. The molecule has 0 amide bonds. The lowest BCUT2D eigenvalue weighted by molar-refractivity contribution is -0.132. The van der Waals surface area contributed by atoms with E-state index in [9.17, 15) is 9.59 Å². The Kier molecular flexibility index (Phi) is 28.3. The van der Waals surface area contributed by atoms with Crippen molar-refractivity contribution in [3.8, 4) is 0 Å². The molecule has 0 bridgehead atoms. The van der Waals surface area contributed by atoms with Crippen LogP contribution in [0.2, 0.25) is 0 Å². The highest BCUT2D eigenvalue weighted by Crippen LogP contribution is 1.89. The Labute approximate surface area is 149 Å². The zero-order valence-electron chi connectivity index (χ0n) is 14.0. The van der Waals surface area contributed by atoms with Gasteiger partial charge in [-0.05, 0) is 0 Å². The zero-order valence-corrected chi connectivity index (χ0v) is 14.0. The van der Waals surface area contributed by atoms with E-state index in [1.807, 2.05) is 0 Å². The van der Waals surface area contributed by atoms with Crippen LogP contribution in [0, 0.1) is 0 Å². The summed E-state index contributed by atoms with van der Waals surface area (Å²) in [5, 5.41) is 81.5. The van der Waals surface area contributed by atoms with Crippen LogP contribution in [-0.2, 0) is 9.59 Å². The lowest BCUT2D eigenvalue weighted by Gasteiger charge is -2.10. The van der Waals surface area contributed by atoms with Gasteiger partial charge in [-0.25, -0.2) is 9.59 Å². The summed E-state index contributed by atoms with van der Waals surface area (Å²) in [6.07, 6.45) is -3.22. The van der Waals surface area contributed by atoms with Gasteiger partial charge in [0, 0.05) is 12.2 Å². The van der Waals surface area contributed by atoms with Crippen molar-refractivity contribution >= 4 is 11.9 Å². The van der Waals surface area contributed by atoms with Crippen molar-refractivity contribution in [3.05, 3.63) is 25.3 Å². The molecule has 0 spiro atoms. The van der Waals surface area contributed by atoms with Crippen LogP contribution in [-0.4, -0.2) is 114 Å². The summed E-state index contributed by atoms with van der Waals surface area (Å²) >= 11 is 0. The van der Waals surface area contributed by atoms with Gasteiger partial charge in [0.1, 0.15) is 24.4 Å². The monoisotopic (exact) mass is 388 g/mol. The van der Waals surface area contributed by atoms with Gasteiger partial charge in [0.15, 0.2) is 0 Å². The second kappa shape index (κ2) is 23.1. The van der Waals surface area contributed by atoms with Gasteiger partial charge in [0.25, 0.3) is 0 Å². The van der Waals surface area contributed by atoms with E-state index in [2.05, 4.69) is 13.2 Å². The van der Waals surface area contributed by atoms with Gasteiger partial charge in [-0.15, -0.1) is 0 Å². The van der Waals surface area contributed by atoms with Crippen LogP contribution in [0.5, 0.6) is 0 Å². The molecule has 0 saturated carbocycles. The minimum Gasteiger partial charge on any atom is -0.478 e. The van der Waals surface area contributed by atoms with Gasteiger partial charge in [-0.1, -0.05) is 13.2 Å². The van der Waals surface area contributed by atoms with E-state index in [0.29, 0.717) is 0 Å². The smallest absolute Gasteiger partial charge is 0.327 e. The minimum atomic E-state index is -1.22. The summed E-state index contributed by atoms with van der Waals surface area (Å²) < 4.78 is 0. The van der Waals surface area contributed by atoms with Gasteiger partial charge in [-0.2, -0.15) is 0 Å². The second-order valence-electron chi connectivity index (χ2n) is 4.08. The minimum absolute atomic E-state index is 0.526. The van der Waals surface area contributed by atoms with Crippen molar-refractivity contribution in [2.45, 2.75) is 24.4 Å². The van der Waals surface area contributed by atoms with Crippen LogP contribution in [0.1, 0.15) is 0 Å². The summed E-state index contributed by atoms with van der Waals surface area (Å²) in [7, 11) is 0. The summed E-state index contributed by atoms with van der Waals surface area (Å²) in [6, 6.07) is 0. The van der Waals surface area contributed by atoms with Crippen molar-refractivity contribution in [2.24, 2.45) is 0 Å². The number of hydrogen-bond donors (Lipinski definition) is 10. The van der Waals surface area contributed by atoms with E-state index in [-0.39, 0.29) is 0 Å². The number of carbonyl (C=O) groups is 2. The van der Waals surface area contributed by atoms with Gasteiger partial charge in [0.2, 0.25) is 0 Å². The predicted octanol–water partition coefficient (Wildman–Crippen LogP) is -4.10. The maximum atomic E-state index is 9.25.